The number of imidazole rings is 1. The fourth-order valence-electron chi connectivity index (χ4n) is 2.97. The van der Waals surface area contributed by atoms with Crippen LogP contribution >= 0.6 is 0 Å². The molecule has 0 aliphatic heterocycles. The summed E-state index contributed by atoms with van der Waals surface area (Å²) < 4.78 is 13.2. The van der Waals surface area contributed by atoms with Crippen LogP contribution in [0, 0.1) is 0 Å². The summed E-state index contributed by atoms with van der Waals surface area (Å²) in [4.78, 5) is 14.9. The van der Waals surface area contributed by atoms with Crippen LogP contribution in [-0.2, 0) is 0 Å². The Bertz CT molecular complexity index is 921. The van der Waals surface area contributed by atoms with Crippen molar-refractivity contribution in [3.8, 4) is 11.5 Å². The van der Waals surface area contributed by atoms with E-state index in [1.54, 1.807) is 4.57 Å². The van der Waals surface area contributed by atoms with Gasteiger partial charge in [0.25, 0.3) is 0 Å². The molecule has 138 valence electrons. The molecule has 1 heterocycles. The molecule has 1 aromatic heterocycles. The van der Waals surface area contributed by atoms with Crippen molar-refractivity contribution in [2.45, 2.75) is 39.7 Å². The van der Waals surface area contributed by atoms with Gasteiger partial charge in [-0.2, -0.15) is 0 Å². The lowest BCUT2D eigenvalue weighted by Crippen LogP contribution is -2.18. The number of hydrogen-bond donors (Lipinski definition) is 1. The minimum absolute atomic E-state index is 0.0867. The normalized spacial score (nSPS) is 11.5. The van der Waals surface area contributed by atoms with Crippen LogP contribution in [0.15, 0.2) is 47.3 Å². The topological polar surface area (TPSA) is 56.2 Å². The Morgan fingerprint density at radius 2 is 1.54 bits per heavy atom. The molecule has 0 amide bonds. The van der Waals surface area contributed by atoms with E-state index in [0.717, 1.165) is 22.5 Å². The molecule has 5 heteroatoms. The predicted molar refractivity (Wildman–Crippen MR) is 104 cm³/mol. The third-order valence-electron chi connectivity index (χ3n) is 4.37. The van der Waals surface area contributed by atoms with Gasteiger partial charge in [-0.15, -0.1) is 0 Å². The van der Waals surface area contributed by atoms with Crippen LogP contribution < -0.4 is 15.2 Å². The molecular weight excluding hydrogens is 328 g/mol. The molecule has 0 unspecified atom stereocenters. The van der Waals surface area contributed by atoms with Crippen LogP contribution in [0.4, 0.5) is 0 Å². The molecular formula is C21H26N2O3. The van der Waals surface area contributed by atoms with Crippen molar-refractivity contribution in [2.75, 3.05) is 13.2 Å². The summed E-state index contributed by atoms with van der Waals surface area (Å²) in [5.41, 5.74) is 2.87. The van der Waals surface area contributed by atoms with E-state index in [-0.39, 0.29) is 11.7 Å². The number of hydrogen-bond acceptors (Lipinski definition) is 3. The second kappa shape index (κ2) is 7.68. The quantitative estimate of drug-likeness (QED) is 0.636. The standard InChI is InChI=1S/C21H26N2O3/c1-14(2)16-5-7-17(8-6-16)25-11-12-26-18-9-10-19-20(13-18)23(15(3)4)21(24)22-19/h5-10,13-15H,11-12H2,1-4H3,(H,22,24). The number of nitrogens with one attached hydrogen (secondary N) is 1. The molecule has 0 fully saturated rings. The zero-order chi connectivity index (χ0) is 18.7. The molecule has 26 heavy (non-hydrogen) atoms. The molecule has 1 N–H and O–H groups in total. The van der Waals surface area contributed by atoms with Gasteiger partial charge < -0.3 is 14.5 Å². The summed E-state index contributed by atoms with van der Waals surface area (Å²) >= 11 is 0. The van der Waals surface area contributed by atoms with Crippen molar-refractivity contribution < 1.29 is 9.47 Å². The van der Waals surface area contributed by atoms with Crippen LogP contribution in [0.1, 0.15) is 45.2 Å². The highest BCUT2D eigenvalue weighted by atomic mass is 16.5. The minimum atomic E-state index is -0.0969. The summed E-state index contributed by atoms with van der Waals surface area (Å²) in [6.07, 6.45) is 0. The van der Waals surface area contributed by atoms with E-state index in [4.69, 9.17) is 9.47 Å². The molecule has 3 aromatic rings. The summed E-state index contributed by atoms with van der Waals surface area (Å²) in [7, 11) is 0. The van der Waals surface area contributed by atoms with E-state index in [2.05, 4.69) is 31.0 Å². The lowest BCUT2D eigenvalue weighted by atomic mass is 10.0. The van der Waals surface area contributed by atoms with Gasteiger partial charge in [-0.1, -0.05) is 26.0 Å². The van der Waals surface area contributed by atoms with Crippen LogP contribution in [0.25, 0.3) is 11.0 Å². The summed E-state index contributed by atoms with van der Waals surface area (Å²) in [6.45, 7) is 9.21. The third kappa shape index (κ3) is 3.93. The van der Waals surface area contributed by atoms with Crippen LogP contribution in [0.2, 0.25) is 0 Å². The lowest BCUT2D eigenvalue weighted by Gasteiger charge is -2.11. The predicted octanol–water partition coefficient (Wildman–Crippen LogP) is 4.49. The molecule has 0 atom stereocenters. The Kier molecular flexibility index (Phi) is 5.35. The summed E-state index contributed by atoms with van der Waals surface area (Å²) in [5.74, 6) is 2.08. The molecule has 0 radical (unpaired) electrons. The van der Waals surface area contributed by atoms with Crippen molar-refractivity contribution in [1.82, 2.24) is 9.55 Å². The average molecular weight is 354 g/mol. The SMILES string of the molecule is CC(C)c1ccc(OCCOc2ccc3[nH]c(=O)n(C(C)C)c3c2)cc1. The first-order chi connectivity index (χ1) is 12.5. The Morgan fingerprint density at radius 3 is 2.15 bits per heavy atom. The maximum Gasteiger partial charge on any atom is 0.326 e. The minimum Gasteiger partial charge on any atom is -0.490 e. The number of rotatable bonds is 7. The number of ether oxygens (including phenoxy) is 2. The van der Waals surface area contributed by atoms with Gasteiger partial charge >= 0.3 is 5.69 Å². The molecule has 0 saturated carbocycles. The number of aromatic nitrogens is 2. The van der Waals surface area contributed by atoms with Gasteiger partial charge in [0.05, 0.1) is 11.0 Å². The zero-order valence-electron chi connectivity index (χ0n) is 15.8. The van der Waals surface area contributed by atoms with Gasteiger partial charge in [0.1, 0.15) is 24.7 Å². The smallest absolute Gasteiger partial charge is 0.326 e. The molecule has 0 saturated heterocycles. The van der Waals surface area contributed by atoms with Crippen molar-refractivity contribution in [2.24, 2.45) is 0 Å². The van der Waals surface area contributed by atoms with Crippen molar-refractivity contribution in [3.63, 3.8) is 0 Å². The van der Waals surface area contributed by atoms with Gasteiger partial charge in [0, 0.05) is 12.1 Å². The number of H-pyrrole nitrogens is 1. The highest BCUT2D eigenvalue weighted by molar-refractivity contribution is 5.77. The van der Waals surface area contributed by atoms with Crippen molar-refractivity contribution in [3.05, 3.63) is 58.5 Å². The van der Waals surface area contributed by atoms with E-state index in [1.807, 2.05) is 44.2 Å². The summed E-state index contributed by atoms with van der Waals surface area (Å²) in [5, 5.41) is 0. The fraction of sp³-hybridized carbons (Fsp3) is 0.381. The largest absolute Gasteiger partial charge is 0.490 e. The second-order valence-corrected chi connectivity index (χ2v) is 6.99. The number of fused-ring (bicyclic) bond motifs is 1. The Morgan fingerprint density at radius 1 is 0.923 bits per heavy atom. The van der Waals surface area contributed by atoms with Gasteiger partial charge in [-0.25, -0.2) is 4.79 Å². The molecule has 0 aliphatic carbocycles. The van der Waals surface area contributed by atoms with Gasteiger partial charge in [0.15, 0.2) is 0 Å². The molecule has 5 nitrogen and oxygen atoms in total. The first-order valence-electron chi connectivity index (χ1n) is 9.05. The van der Waals surface area contributed by atoms with Crippen molar-refractivity contribution in [1.29, 1.82) is 0 Å². The second-order valence-electron chi connectivity index (χ2n) is 6.99. The fourth-order valence-corrected chi connectivity index (χ4v) is 2.97. The molecule has 2 aromatic carbocycles. The summed E-state index contributed by atoms with van der Waals surface area (Å²) in [6, 6.07) is 13.9. The molecule has 0 bridgehead atoms. The van der Waals surface area contributed by atoms with Crippen LogP contribution in [0.3, 0.4) is 0 Å². The highest BCUT2D eigenvalue weighted by Crippen LogP contribution is 2.21. The van der Waals surface area contributed by atoms with E-state index in [1.165, 1.54) is 5.56 Å². The maximum absolute atomic E-state index is 12.0. The van der Waals surface area contributed by atoms with E-state index in [0.29, 0.717) is 19.1 Å². The lowest BCUT2D eigenvalue weighted by molar-refractivity contribution is 0.217. The Labute approximate surface area is 153 Å². The first kappa shape index (κ1) is 18.1. The average Bonchev–Trinajstić information content (AvgIpc) is 2.94. The number of nitrogens with zero attached hydrogens (tertiary/aromatic N) is 1. The number of aromatic amines is 1. The maximum atomic E-state index is 12.0. The van der Waals surface area contributed by atoms with E-state index in [9.17, 15) is 4.79 Å². The Hall–Kier alpha value is -2.69. The van der Waals surface area contributed by atoms with Crippen molar-refractivity contribution >= 4 is 11.0 Å². The number of benzene rings is 2. The monoisotopic (exact) mass is 354 g/mol. The zero-order valence-corrected chi connectivity index (χ0v) is 15.8. The molecule has 0 spiro atoms. The van der Waals surface area contributed by atoms with E-state index < -0.39 is 0 Å². The van der Waals surface area contributed by atoms with E-state index >= 15 is 0 Å². The molecule has 3 rings (SSSR count). The van der Waals surface area contributed by atoms with Gasteiger partial charge in [0.2, 0.25) is 0 Å². The first-order valence-corrected chi connectivity index (χ1v) is 9.05. The van der Waals surface area contributed by atoms with Gasteiger partial charge in [-0.3, -0.25) is 4.57 Å². The van der Waals surface area contributed by atoms with Gasteiger partial charge in [-0.05, 0) is 49.6 Å². The Balaban J connectivity index is 1.59. The van der Waals surface area contributed by atoms with Crippen LogP contribution in [0.5, 0.6) is 11.5 Å². The van der Waals surface area contributed by atoms with Crippen LogP contribution in [-0.4, -0.2) is 22.8 Å². The highest BCUT2D eigenvalue weighted by Gasteiger charge is 2.10. The molecule has 0 aliphatic rings. The third-order valence-corrected chi connectivity index (χ3v) is 4.37.